The largest absolute Gasteiger partial charge is 0.573 e. The van der Waals surface area contributed by atoms with Gasteiger partial charge in [-0.3, -0.25) is 4.79 Å². The highest BCUT2D eigenvalue weighted by Crippen LogP contribution is 2.25. The molecule has 2 aromatic carbocycles. The zero-order chi connectivity index (χ0) is 17.7. The van der Waals surface area contributed by atoms with E-state index in [2.05, 4.69) is 10.1 Å². The van der Waals surface area contributed by atoms with Gasteiger partial charge >= 0.3 is 6.36 Å². The van der Waals surface area contributed by atoms with Crippen LogP contribution in [-0.4, -0.2) is 18.4 Å². The van der Waals surface area contributed by atoms with Crippen LogP contribution in [0.25, 0.3) is 0 Å². The second-order valence-electron chi connectivity index (χ2n) is 5.19. The second kappa shape index (κ2) is 7.25. The Morgan fingerprint density at radius 3 is 2.25 bits per heavy atom. The van der Waals surface area contributed by atoms with Gasteiger partial charge in [0, 0.05) is 5.69 Å². The van der Waals surface area contributed by atoms with Gasteiger partial charge in [-0.25, -0.2) is 0 Å². The summed E-state index contributed by atoms with van der Waals surface area (Å²) in [5.74, 6) is -0.346. The van der Waals surface area contributed by atoms with E-state index >= 15 is 0 Å². The minimum Gasteiger partial charge on any atom is -0.490 e. The third kappa shape index (κ3) is 5.19. The van der Waals surface area contributed by atoms with Crippen molar-refractivity contribution in [1.29, 1.82) is 0 Å². The monoisotopic (exact) mass is 339 g/mol. The lowest BCUT2D eigenvalue weighted by atomic mass is 10.1. The maximum Gasteiger partial charge on any atom is 0.573 e. The van der Waals surface area contributed by atoms with E-state index in [4.69, 9.17) is 4.74 Å². The molecule has 0 bridgehead atoms. The van der Waals surface area contributed by atoms with Crippen molar-refractivity contribution in [2.75, 3.05) is 5.32 Å². The smallest absolute Gasteiger partial charge is 0.490 e. The molecule has 128 valence electrons. The van der Waals surface area contributed by atoms with Crippen molar-refractivity contribution in [1.82, 2.24) is 0 Å². The lowest BCUT2D eigenvalue weighted by molar-refractivity contribution is -0.274. The van der Waals surface area contributed by atoms with Crippen LogP contribution in [0.3, 0.4) is 0 Å². The number of benzene rings is 2. The highest BCUT2D eigenvalue weighted by molar-refractivity contribution is 6.06. The Balaban J connectivity index is 2.10. The first kappa shape index (κ1) is 17.7. The van der Waals surface area contributed by atoms with E-state index in [0.29, 0.717) is 17.0 Å². The topological polar surface area (TPSA) is 47.6 Å². The quantitative estimate of drug-likeness (QED) is 0.864. The normalized spacial score (nSPS) is 11.2. The first-order valence-corrected chi connectivity index (χ1v) is 7.17. The third-order valence-electron chi connectivity index (χ3n) is 2.84. The highest BCUT2D eigenvalue weighted by atomic mass is 19.4. The summed E-state index contributed by atoms with van der Waals surface area (Å²) in [4.78, 5) is 12.3. The molecule has 0 aromatic heterocycles. The molecule has 0 saturated carbocycles. The van der Waals surface area contributed by atoms with Crippen LogP contribution in [0.4, 0.5) is 18.9 Å². The number of carbonyl (C=O) groups excluding carboxylic acids is 1. The molecule has 0 aliphatic rings. The fourth-order valence-electron chi connectivity index (χ4n) is 1.95. The summed E-state index contributed by atoms with van der Waals surface area (Å²) >= 11 is 0. The van der Waals surface area contributed by atoms with Crippen molar-refractivity contribution in [2.24, 2.45) is 0 Å². The van der Waals surface area contributed by atoms with E-state index in [0.717, 1.165) is 12.1 Å². The Hall–Kier alpha value is -2.70. The summed E-state index contributed by atoms with van der Waals surface area (Å²) in [7, 11) is 0. The van der Waals surface area contributed by atoms with E-state index in [1.165, 1.54) is 12.1 Å². The van der Waals surface area contributed by atoms with Gasteiger partial charge in [0.15, 0.2) is 0 Å². The van der Waals surface area contributed by atoms with Crippen molar-refractivity contribution in [3.8, 4) is 11.5 Å². The number of para-hydroxylation sites is 1. The summed E-state index contributed by atoms with van der Waals surface area (Å²) in [6.45, 7) is 3.68. The molecule has 7 heteroatoms. The molecule has 1 amide bonds. The average molecular weight is 339 g/mol. The van der Waals surface area contributed by atoms with Gasteiger partial charge in [-0.2, -0.15) is 0 Å². The molecule has 0 heterocycles. The number of hydrogen-bond acceptors (Lipinski definition) is 3. The SMILES string of the molecule is CC(C)Oc1ccccc1C(=O)Nc1ccc(OC(F)(F)F)cc1. The molecule has 0 radical (unpaired) electrons. The van der Waals surface area contributed by atoms with Crippen LogP contribution in [0.2, 0.25) is 0 Å². The number of carbonyl (C=O) groups is 1. The Morgan fingerprint density at radius 2 is 1.67 bits per heavy atom. The molecule has 2 aromatic rings. The summed E-state index contributed by atoms with van der Waals surface area (Å²) in [5, 5.41) is 2.61. The lowest BCUT2D eigenvalue weighted by Crippen LogP contribution is -2.17. The van der Waals surface area contributed by atoms with E-state index < -0.39 is 12.3 Å². The van der Waals surface area contributed by atoms with Gasteiger partial charge in [-0.05, 0) is 50.2 Å². The van der Waals surface area contributed by atoms with E-state index in [1.807, 2.05) is 13.8 Å². The molecule has 2 rings (SSSR count). The van der Waals surface area contributed by atoms with Crippen LogP contribution in [0.15, 0.2) is 48.5 Å². The van der Waals surface area contributed by atoms with Gasteiger partial charge in [-0.15, -0.1) is 13.2 Å². The molecule has 0 unspecified atom stereocenters. The third-order valence-corrected chi connectivity index (χ3v) is 2.84. The summed E-state index contributed by atoms with van der Waals surface area (Å²) in [5.41, 5.74) is 0.677. The molecular weight excluding hydrogens is 323 g/mol. The fourth-order valence-corrected chi connectivity index (χ4v) is 1.95. The van der Waals surface area contributed by atoms with Crippen molar-refractivity contribution >= 4 is 11.6 Å². The zero-order valence-electron chi connectivity index (χ0n) is 13.1. The molecule has 0 spiro atoms. The standard InChI is InChI=1S/C17H16F3NO3/c1-11(2)23-15-6-4-3-5-14(15)16(22)21-12-7-9-13(10-8-12)24-17(18,19)20/h3-11H,1-2H3,(H,21,22). The van der Waals surface area contributed by atoms with Crippen molar-refractivity contribution in [3.05, 3.63) is 54.1 Å². The van der Waals surface area contributed by atoms with Gasteiger partial charge in [0.05, 0.1) is 11.7 Å². The van der Waals surface area contributed by atoms with Crippen LogP contribution < -0.4 is 14.8 Å². The Kier molecular flexibility index (Phi) is 5.33. The maximum atomic E-state index is 12.3. The van der Waals surface area contributed by atoms with E-state index in [9.17, 15) is 18.0 Å². The lowest BCUT2D eigenvalue weighted by Gasteiger charge is -2.14. The summed E-state index contributed by atoms with van der Waals surface area (Å²) in [6, 6.07) is 11.6. The average Bonchev–Trinajstić information content (AvgIpc) is 2.47. The van der Waals surface area contributed by atoms with Crippen LogP contribution in [0, 0.1) is 0 Å². The second-order valence-corrected chi connectivity index (χ2v) is 5.19. The summed E-state index contributed by atoms with van der Waals surface area (Å²) in [6.07, 6.45) is -4.85. The number of amides is 1. The summed E-state index contributed by atoms with van der Waals surface area (Å²) < 4.78 is 45.7. The molecule has 0 aliphatic heterocycles. The van der Waals surface area contributed by atoms with Crippen LogP contribution in [0.1, 0.15) is 24.2 Å². The predicted molar refractivity (Wildman–Crippen MR) is 83.3 cm³/mol. The van der Waals surface area contributed by atoms with E-state index in [1.54, 1.807) is 24.3 Å². The number of anilines is 1. The Labute approximate surface area is 137 Å². The number of nitrogens with one attached hydrogen (secondary N) is 1. The van der Waals surface area contributed by atoms with Gasteiger partial charge in [0.25, 0.3) is 5.91 Å². The van der Waals surface area contributed by atoms with Crippen molar-refractivity contribution in [2.45, 2.75) is 26.3 Å². The minimum atomic E-state index is -4.75. The van der Waals surface area contributed by atoms with Gasteiger partial charge in [-0.1, -0.05) is 12.1 Å². The Morgan fingerprint density at radius 1 is 1.04 bits per heavy atom. The zero-order valence-corrected chi connectivity index (χ0v) is 13.1. The number of rotatable bonds is 5. The molecule has 0 fully saturated rings. The molecule has 0 saturated heterocycles. The number of alkyl halides is 3. The van der Waals surface area contributed by atoms with Crippen molar-refractivity contribution in [3.63, 3.8) is 0 Å². The van der Waals surface area contributed by atoms with Crippen molar-refractivity contribution < 1.29 is 27.4 Å². The first-order valence-electron chi connectivity index (χ1n) is 7.17. The minimum absolute atomic E-state index is 0.0993. The Bertz CT molecular complexity index is 697. The molecule has 24 heavy (non-hydrogen) atoms. The first-order chi connectivity index (χ1) is 11.2. The molecule has 1 N–H and O–H groups in total. The van der Waals surface area contributed by atoms with Gasteiger partial charge in [0.1, 0.15) is 11.5 Å². The van der Waals surface area contributed by atoms with Gasteiger partial charge in [0.2, 0.25) is 0 Å². The molecular formula is C17H16F3NO3. The van der Waals surface area contributed by atoms with Gasteiger partial charge < -0.3 is 14.8 Å². The molecule has 0 aliphatic carbocycles. The van der Waals surface area contributed by atoms with Crippen LogP contribution in [-0.2, 0) is 0 Å². The number of ether oxygens (including phenoxy) is 2. The van der Waals surface area contributed by atoms with Crippen LogP contribution in [0.5, 0.6) is 11.5 Å². The molecule has 0 atom stereocenters. The fraction of sp³-hybridized carbons (Fsp3) is 0.235. The predicted octanol–water partition coefficient (Wildman–Crippen LogP) is 4.62. The van der Waals surface area contributed by atoms with E-state index in [-0.39, 0.29) is 11.9 Å². The number of hydrogen-bond donors (Lipinski definition) is 1. The maximum absolute atomic E-state index is 12.3. The van der Waals surface area contributed by atoms with Crippen LogP contribution >= 0.6 is 0 Å². The molecule has 4 nitrogen and oxygen atoms in total. The highest BCUT2D eigenvalue weighted by Gasteiger charge is 2.31. The number of halogens is 3.